The fraction of sp³-hybridized carbons (Fsp3) is 0.319. The van der Waals surface area contributed by atoms with Crippen molar-refractivity contribution < 1.29 is 67.1 Å². The number of carbonyl (C=O) groups is 7. The second kappa shape index (κ2) is 34.0. The zero-order valence-electron chi connectivity index (χ0n) is 52.8. The summed E-state index contributed by atoms with van der Waals surface area (Å²) in [6.07, 6.45) is 6.15. The highest BCUT2D eigenvalue weighted by molar-refractivity contribution is 5.99. The van der Waals surface area contributed by atoms with Crippen LogP contribution >= 0.6 is 0 Å². The Labute approximate surface area is 527 Å². The molecular formula is C72H82N4O14. The number of ether oxygens (including phenoxy) is 6. The van der Waals surface area contributed by atoms with Crippen LogP contribution in [0.1, 0.15) is 134 Å². The molecule has 3 N–H and O–H groups in total. The molecule has 18 nitrogen and oxygen atoms in total. The molecule has 0 radical (unpaired) electrons. The summed E-state index contributed by atoms with van der Waals surface area (Å²) in [5.74, 6) is -0.175. The lowest BCUT2D eigenvalue weighted by molar-refractivity contribution is -0.156. The molecule has 0 unspecified atom stereocenters. The average Bonchev–Trinajstić information content (AvgIpc) is 1.72. The Morgan fingerprint density at radius 1 is 0.433 bits per heavy atom. The van der Waals surface area contributed by atoms with Gasteiger partial charge in [0.15, 0.2) is 0 Å². The molecule has 90 heavy (non-hydrogen) atoms. The van der Waals surface area contributed by atoms with E-state index in [1.165, 1.54) is 41.2 Å². The molecule has 0 aliphatic carbocycles. The molecule has 0 heterocycles. The van der Waals surface area contributed by atoms with E-state index in [0.717, 1.165) is 35.3 Å². The first-order chi connectivity index (χ1) is 42.9. The van der Waals surface area contributed by atoms with Crippen LogP contribution in [0.3, 0.4) is 0 Å². The molecule has 0 saturated carbocycles. The van der Waals surface area contributed by atoms with E-state index >= 15 is 0 Å². The largest absolute Gasteiger partial charge is 0.508 e. The Bertz CT molecular complexity index is 3450. The highest BCUT2D eigenvalue weighted by Crippen LogP contribution is 2.23. The highest BCUT2D eigenvalue weighted by Gasteiger charge is 2.26. The summed E-state index contributed by atoms with van der Waals surface area (Å²) in [6.45, 7) is 13.1. The van der Waals surface area contributed by atoms with E-state index in [9.17, 15) is 38.7 Å². The number of amides is 4. The molecule has 4 amide bonds. The Kier molecular flexibility index (Phi) is 26.1. The molecule has 474 valence electrons. The quantitative estimate of drug-likeness (QED) is 0.0247. The van der Waals surface area contributed by atoms with Gasteiger partial charge in [-0.25, -0.2) is 4.79 Å². The van der Waals surface area contributed by atoms with Crippen LogP contribution in [0.4, 0.5) is 11.4 Å². The van der Waals surface area contributed by atoms with Gasteiger partial charge in [0, 0.05) is 35.6 Å². The lowest BCUT2D eigenvalue weighted by Gasteiger charge is -2.25. The van der Waals surface area contributed by atoms with Crippen LogP contribution < -0.4 is 29.6 Å². The van der Waals surface area contributed by atoms with Gasteiger partial charge >= 0.3 is 17.9 Å². The number of nitrogens with one attached hydrogen (secondary N) is 2. The second-order valence-corrected chi connectivity index (χ2v) is 23.3. The van der Waals surface area contributed by atoms with E-state index in [2.05, 4.69) is 17.6 Å². The monoisotopic (exact) mass is 1230 g/mol. The number of esters is 3. The second-order valence-electron chi connectivity index (χ2n) is 23.3. The molecule has 0 aliphatic rings. The number of hydrogen-bond donors (Lipinski definition) is 3. The van der Waals surface area contributed by atoms with Crippen molar-refractivity contribution in [1.29, 1.82) is 0 Å². The molecule has 7 rings (SSSR count). The zero-order chi connectivity index (χ0) is 65.2. The minimum Gasteiger partial charge on any atom is -0.508 e. The van der Waals surface area contributed by atoms with E-state index in [-0.39, 0.29) is 62.5 Å². The van der Waals surface area contributed by atoms with Crippen LogP contribution in [0.15, 0.2) is 170 Å². The van der Waals surface area contributed by atoms with Crippen LogP contribution in [0.2, 0.25) is 0 Å². The summed E-state index contributed by atoms with van der Waals surface area (Å²) < 4.78 is 32.6. The lowest BCUT2D eigenvalue weighted by atomic mass is 10.1. The minimum absolute atomic E-state index is 0.0900. The van der Waals surface area contributed by atoms with E-state index < -0.39 is 35.0 Å². The predicted octanol–water partition coefficient (Wildman–Crippen LogP) is 13.0. The molecule has 0 atom stereocenters. The highest BCUT2D eigenvalue weighted by atomic mass is 16.6. The summed E-state index contributed by atoms with van der Waals surface area (Å²) in [4.78, 5) is 93.1. The van der Waals surface area contributed by atoms with Crippen LogP contribution in [0.25, 0.3) is 0 Å². The van der Waals surface area contributed by atoms with Gasteiger partial charge in [0.05, 0.1) is 39.2 Å². The molecule has 7 aromatic carbocycles. The maximum absolute atomic E-state index is 13.7. The fourth-order valence-corrected chi connectivity index (χ4v) is 8.94. The number of nitrogens with zero attached hydrogens (tertiary/aromatic N) is 2. The van der Waals surface area contributed by atoms with Gasteiger partial charge in [-0.3, -0.25) is 28.8 Å². The molecule has 0 spiro atoms. The number of unbranched alkanes of at least 4 members (excludes halogenated alkanes) is 4. The van der Waals surface area contributed by atoms with Crippen LogP contribution in [0.5, 0.6) is 28.7 Å². The maximum atomic E-state index is 13.7. The summed E-state index contributed by atoms with van der Waals surface area (Å²) in [6, 6.07) is 47.5. The molecule has 0 saturated heterocycles. The molecule has 18 heteroatoms. The number of benzene rings is 7. The summed E-state index contributed by atoms with van der Waals surface area (Å²) >= 11 is 0. The third-order valence-corrected chi connectivity index (χ3v) is 13.4. The smallest absolute Gasteiger partial charge is 0.343 e. The van der Waals surface area contributed by atoms with Gasteiger partial charge in [0.1, 0.15) is 53.0 Å². The van der Waals surface area contributed by atoms with E-state index in [0.29, 0.717) is 57.5 Å². The van der Waals surface area contributed by atoms with Crippen LogP contribution in [0, 0.1) is 0 Å². The summed E-state index contributed by atoms with van der Waals surface area (Å²) in [5.41, 5.74) is 3.87. The topological polar surface area (TPSA) is 226 Å². The molecule has 0 aromatic heterocycles. The number of methoxy groups -OCH3 is 2. The molecule has 0 fully saturated rings. The maximum Gasteiger partial charge on any atom is 0.343 e. The normalized spacial score (nSPS) is 10.9. The van der Waals surface area contributed by atoms with Gasteiger partial charge in [0.2, 0.25) is 11.8 Å². The number of rotatable bonds is 27. The van der Waals surface area contributed by atoms with Gasteiger partial charge in [-0.15, -0.1) is 0 Å². The molecule has 0 aliphatic heterocycles. The van der Waals surface area contributed by atoms with Crippen LogP contribution in [-0.2, 0) is 54.6 Å². The minimum atomic E-state index is -0.732. The number of phenolic OH excluding ortho intramolecular Hbond substituents is 1. The zero-order valence-corrected chi connectivity index (χ0v) is 52.8. The van der Waals surface area contributed by atoms with Gasteiger partial charge in [-0.2, -0.15) is 0 Å². The number of phenols is 1. The van der Waals surface area contributed by atoms with E-state index in [4.69, 9.17) is 28.4 Å². The summed E-state index contributed by atoms with van der Waals surface area (Å²) in [7, 11) is 3.17. The Hall–Kier alpha value is -9.97. The van der Waals surface area contributed by atoms with Gasteiger partial charge < -0.3 is 54.0 Å². The Balaban J connectivity index is 0.000000305. The first kappa shape index (κ1) is 69.1. The van der Waals surface area contributed by atoms with Crippen molar-refractivity contribution in [2.24, 2.45) is 0 Å². The van der Waals surface area contributed by atoms with E-state index in [1.807, 2.05) is 24.3 Å². The standard InChI is InChI=1S/C43H50N2O8.C29H32N2O6/c1-6-7-8-9-10-27-51-37-25-17-34(18-26-37)42(49)52-38-23-13-32(14-24-38)29-45(30-40(47)53-43(2,3)4)41(48)33-15-19-35(20-16-33)44-39(46)28-31-11-21-36(50-5)22-12-31;1-29(2,3)37-27(34)19-31(18-21-5-13-24(32)14-6-21)28(35)22-9-11-23(12-10-22)30-26(33)17-20-7-15-25(36-4)16-8-20/h11-26H,6-10,27-30H2,1-5H3,(H,44,46);5-16,32H,17-19H2,1-4H3,(H,30,33). The summed E-state index contributed by atoms with van der Waals surface area (Å²) in [5, 5.41) is 15.2. The average molecular weight is 1230 g/mol. The first-order valence-electron chi connectivity index (χ1n) is 29.8. The fourth-order valence-electron chi connectivity index (χ4n) is 8.94. The van der Waals surface area contributed by atoms with E-state index in [1.54, 1.807) is 189 Å². The Morgan fingerprint density at radius 3 is 1.20 bits per heavy atom. The number of carbonyl (C=O) groups excluding carboxylic acids is 7. The van der Waals surface area contributed by atoms with Crippen molar-refractivity contribution >= 4 is 52.9 Å². The molecule has 7 aromatic rings. The third-order valence-electron chi connectivity index (χ3n) is 13.4. The van der Waals surface area contributed by atoms with Crippen molar-refractivity contribution in [2.75, 3.05) is 44.5 Å². The molecule has 0 bridgehead atoms. The molecular weight excluding hydrogens is 1140 g/mol. The van der Waals surface area contributed by atoms with Gasteiger partial charge in [-0.1, -0.05) is 81.1 Å². The van der Waals surface area contributed by atoms with Crippen molar-refractivity contribution in [3.05, 3.63) is 209 Å². The Morgan fingerprint density at radius 2 is 0.800 bits per heavy atom. The number of anilines is 2. The number of hydrogen-bond acceptors (Lipinski definition) is 14. The lowest BCUT2D eigenvalue weighted by Crippen LogP contribution is -2.38. The van der Waals surface area contributed by atoms with Crippen molar-refractivity contribution in [2.45, 2.75) is 118 Å². The van der Waals surface area contributed by atoms with Crippen molar-refractivity contribution in [1.82, 2.24) is 9.80 Å². The third kappa shape index (κ3) is 24.3. The predicted molar refractivity (Wildman–Crippen MR) is 345 cm³/mol. The van der Waals surface area contributed by atoms with Crippen molar-refractivity contribution in [3.8, 4) is 28.7 Å². The SMILES string of the molecule is CCCCCCCOc1ccc(C(=O)Oc2ccc(CN(CC(=O)OC(C)(C)C)C(=O)c3ccc(NC(=O)Cc4ccc(OC)cc4)cc3)cc2)cc1.COc1ccc(CC(=O)Nc2ccc(C(=O)N(CC(=O)OC(C)(C)C)Cc3ccc(O)cc3)cc2)cc1. The van der Waals surface area contributed by atoms with Gasteiger partial charge in [0.25, 0.3) is 11.8 Å². The van der Waals surface area contributed by atoms with Crippen LogP contribution in [-0.4, -0.2) is 102 Å². The first-order valence-corrected chi connectivity index (χ1v) is 29.8. The van der Waals surface area contributed by atoms with Crippen molar-refractivity contribution in [3.63, 3.8) is 0 Å². The number of aromatic hydroxyl groups is 1. The van der Waals surface area contributed by atoms with Gasteiger partial charge in [-0.05, 0) is 192 Å².